The molecule has 2 aromatic carbocycles. The van der Waals surface area contributed by atoms with Crippen molar-refractivity contribution in [1.29, 1.82) is 0 Å². The summed E-state index contributed by atoms with van der Waals surface area (Å²) in [4.78, 5) is 16.4. The van der Waals surface area contributed by atoms with Gasteiger partial charge in [0.2, 0.25) is 5.91 Å². The van der Waals surface area contributed by atoms with Gasteiger partial charge in [-0.1, -0.05) is 48.5 Å². The largest absolute Gasteiger partial charge is 0.353 e. The minimum atomic E-state index is -0.234. The van der Waals surface area contributed by atoms with Gasteiger partial charge in [0, 0.05) is 23.5 Å². The highest BCUT2D eigenvalue weighted by molar-refractivity contribution is 8.00. The molecule has 0 spiro atoms. The van der Waals surface area contributed by atoms with Gasteiger partial charge in [0.25, 0.3) is 0 Å². The summed E-state index contributed by atoms with van der Waals surface area (Å²) in [6.07, 6.45) is 2.57. The van der Waals surface area contributed by atoms with Gasteiger partial charge in [0.05, 0.1) is 0 Å². The number of benzene rings is 2. The molecule has 25 heavy (non-hydrogen) atoms. The van der Waals surface area contributed by atoms with Gasteiger partial charge in [-0.25, -0.2) is 0 Å². The van der Waals surface area contributed by atoms with E-state index in [4.69, 9.17) is 0 Å². The van der Waals surface area contributed by atoms with Gasteiger partial charge in [0.15, 0.2) is 0 Å². The first-order valence-electron chi connectivity index (χ1n) is 8.91. The highest BCUT2D eigenvalue weighted by Gasteiger charge is 2.29. The minimum Gasteiger partial charge on any atom is -0.353 e. The summed E-state index contributed by atoms with van der Waals surface area (Å²) in [6, 6.07) is 21.2. The number of thioether (sulfide) groups is 1. The average Bonchev–Trinajstić information content (AvgIpc) is 3.50. The number of nitrogens with zero attached hydrogens (tertiary/aromatic N) is 1. The van der Waals surface area contributed by atoms with E-state index in [0.717, 1.165) is 10.5 Å². The zero-order valence-electron chi connectivity index (χ0n) is 14.9. The van der Waals surface area contributed by atoms with Gasteiger partial charge in [0.1, 0.15) is 5.25 Å². The minimum absolute atomic E-state index is 0.0797. The number of carbonyl (C=O) groups is 1. The fraction of sp³-hybridized carbons (Fsp3) is 0.381. The van der Waals surface area contributed by atoms with Crippen molar-refractivity contribution in [3.63, 3.8) is 0 Å². The topological polar surface area (TPSA) is 32.3 Å². The van der Waals surface area contributed by atoms with Crippen LogP contribution in [-0.4, -0.2) is 36.5 Å². The van der Waals surface area contributed by atoms with E-state index in [1.165, 1.54) is 12.8 Å². The van der Waals surface area contributed by atoms with Crippen molar-refractivity contribution in [1.82, 2.24) is 10.2 Å². The molecule has 0 aromatic heterocycles. The van der Waals surface area contributed by atoms with Crippen molar-refractivity contribution in [3.8, 4) is 0 Å². The van der Waals surface area contributed by atoms with E-state index in [9.17, 15) is 4.79 Å². The Morgan fingerprint density at radius 1 is 1.12 bits per heavy atom. The first kappa shape index (κ1) is 18.0. The lowest BCUT2D eigenvalue weighted by Crippen LogP contribution is -2.42. The van der Waals surface area contributed by atoms with Crippen LogP contribution in [0.4, 0.5) is 0 Å². The van der Waals surface area contributed by atoms with Gasteiger partial charge in [-0.3, -0.25) is 9.69 Å². The summed E-state index contributed by atoms with van der Waals surface area (Å²) in [6.45, 7) is 2.87. The van der Waals surface area contributed by atoms with Crippen LogP contribution in [0, 0.1) is 0 Å². The third kappa shape index (κ3) is 5.10. The molecule has 1 aliphatic carbocycles. The van der Waals surface area contributed by atoms with Gasteiger partial charge >= 0.3 is 0 Å². The Kier molecular flexibility index (Phi) is 6.16. The van der Waals surface area contributed by atoms with Gasteiger partial charge in [-0.15, -0.1) is 11.8 Å². The molecule has 1 saturated carbocycles. The van der Waals surface area contributed by atoms with Crippen LogP contribution in [-0.2, 0) is 4.79 Å². The van der Waals surface area contributed by atoms with Crippen LogP contribution in [0.25, 0.3) is 0 Å². The van der Waals surface area contributed by atoms with E-state index in [2.05, 4.69) is 36.3 Å². The fourth-order valence-electron chi connectivity index (χ4n) is 2.86. The molecular weight excluding hydrogens is 328 g/mol. The third-order valence-corrected chi connectivity index (χ3v) is 5.99. The molecule has 0 aliphatic heterocycles. The number of hydrogen-bond donors (Lipinski definition) is 1. The number of amides is 1. The first-order chi connectivity index (χ1) is 12.1. The van der Waals surface area contributed by atoms with Crippen molar-refractivity contribution in [3.05, 3.63) is 66.2 Å². The first-order valence-corrected chi connectivity index (χ1v) is 9.79. The summed E-state index contributed by atoms with van der Waals surface area (Å²) < 4.78 is 0. The summed E-state index contributed by atoms with van der Waals surface area (Å²) in [5.74, 6) is 0.0797. The molecule has 2 unspecified atom stereocenters. The van der Waals surface area contributed by atoms with Crippen LogP contribution in [0.2, 0.25) is 0 Å². The molecule has 4 heteroatoms. The standard InChI is InChI=1S/C21H26N2OS/c1-16(23(2)18-13-14-18)15-22-21(24)20(17-9-5-3-6-10-17)25-19-11-7-4-8-12-19/h3-12,16,18,20H,13-15H2,1-2H3,(H,22,24). The zero-order valence-corrected chi connectivity index (χ0v) is 15.7. The Morgan fingerprint density at radius 3 is 2.32 bits per heavy atom. The number of nitrogens with one attached hydrogen (secondary N) is 1. The Hall–Kier alpha value is -1.78. The van der Waals surface area contributed by atoms with E-state index in [-0.39, 0.29) is 11.2 Å². The Morgan fingerprint density at radius 2 is 1.72 bits per heavy atom. The van der Waals surface area contributed by atoms with Gasteiger partial charge in [-0.2, -0.15) is 0 Å². The number of carbonyl (C=O) groups excluding carboxylic acids is 1. The van der Waals surface area contributed by atoms with E-state index in [1.54, 1.807) is 11.8 Å². The summed E-state index contributed by atoms with van der Waals surface area (Å²) in [7, 11) is 2.15. The van der Waals surface area contributed by atoms with Crippen molar-refractivity contribution < 1.29 is 4.79 Å². The third-order valence-electron chi connectivity index (χ3n) is 4.73. The molecule has 1 N–H and O–H groups in total. The van der Waals surface area contributed by atoms with E-state index < -0.39 is 0 Å². The second-order valence-electron chi connectivity index (χ2n) is 6.71. The number of hydrogen-bond acceptors (Lipinski definition) is 3. The summed E-state index contributed by atoms with van der Waals surface area (Å²) in [5, 5.41) is 2.93. The van der Waals surface area contributed by atoms with E-state index in [0.29, 0.717) is 18.6 Å². The molecule has 3 nitrogen and oxygen atoms in total. The molecule has 1 amide bonds. The van der Waals surface area contributed by atoms with Gasteiger partial charge < -0.3 is 5.32 Å². The molecule has 0 saturated heterocycles. The van der Waals surface area contributed by atoms with E-state index in [1.807, 2.05) is 48.5 Å². The van der Waals surface area contributed by atoms with Crippen LogP contribution in [0.15, 0.2) is 65.6 Å². The molecule has 0 radical (unpaired) electrons. The maximum absolute atomic E-state index is 12.9. The molecule has 0 bridgehead atoms. The maximum atomic E-state index is 12.9. The van der Waals surface area contributed by atoms with Crippen LogP contribution in [0.3, 0.4) is 0 Å². The summed E-state index contributed by atoms with van der Waals surface area (Å²) >= 11 is 1.60. The average molecular weight is 355 g/mol. The molecule has 132 valence electrons. The predicted molar refractivity (Wildman–Crippen MR) is 105 cm³/mol. The normalized spacial score (nSPS) is 16.4. The monoisotopic (exact) mass is 354 g/mol. The second kappa shape index (κ2) is 8.54. The van der Waals surface area contributed by atoms with E-state index >= 15 is 0 Å². The van der Waals surface area contributed by atoms with Crippen molar-refractivity contribution in [2.45, 2.75) is 42.0 Å². The molecule has 2 atom stereocenters. The lowest BCUT2D eigenvalue weighted by molar-refractivity contribution is -0.120. The SMILES string of the molecule is CC(CNC(=O)C(Sc1ccccc1)c1ccccc1)N(C)C1CC1. The molecule has 3 rings (SSSR count). The molecule has 2 aromatic rings. The second-order valence-corrected chi connectivity index (χ2v) is 7.89. The molecule has 0 heterocycles. The highest BCUT2D eigenvalue weighted by Crippen LogP contribution is 2.35. The fourth-order valence-corrected chi connectivity index (χ4v) is 3.93. The number of rotatable bonds is 8. The van der Waals surface area contributed by atoms with Crippen LogP contribution in [0.1, 0.15) is 30.6 Å². The van der Waals surface area contributed by atoms with Crippen LogP contribution < -0.4 is 5.32 Å². The van der Waals surface area contributed by atoms with Crippen LogP contribution >= 0.6 is 11.8 Å². The van der Waals surface area contributed by atoms with Crippen LogP contribution in [0.5, 0.6) is 0 Å². The molecule has 1 fully saturated rings. The Bertz CT molecular complexity index is 673. The van der Waals surface area contributed by atoms with Crippen molar-refractivity contribution in [2.24, 2.45) is 0 Å². The zero-order chi connectivity index (χ0) is 17.6. The number of likely N-dealkylation sites (N-methyl/N-ethyl adjacent to an activating group) is 1. The smallest absolute Gasteiger partial charge is 0.238 e. The van der Waals surface area contributed by atoms with Crippen molar-refractivity contribution >= 4 is 17.7 Å². The molecule has 1 aliphatic rings. The molecular formula is C21H26N2OS. The van der Waals surface area contributed by atoms with Gasteiger partial charge in [-0.05, 0) is 44.5 Å². The lowest BCUT2D eigenvalue weighted by atomic mass is 10.1. The van der Waals surface area contributed by atoms with Crippen molar-refractivity contribution in [2.75, 3.05) is 13.6 Å². The highest BCUT2D eigenvalue weighted by atomic mass is 32.2. The summed E-state index contributed by atoms with van der Waals surface area (Å²) in [5.41, 5.74) is 1.04. The predicted octanol–water partition coefficient (Wildman–Crippen LogP) is 4.12. The maximum Gasteiger partial charge on any atom is 0.238 e. The Balaban J connectivity index is 1.66. The quantitative estimate of drug-likeness (QED) is 0.724. The Labute approximate surface area is 154 Å². The lowest BCUT2D eigenvalue weighted by Gasteiger charge is -2.25.